The second-order valence-corrected chi connectivity index (χ2v) is 7.67. The number of methoxy groups -OCH3 is 1. The molecule has 2 aromatic heterocycles. The standard InChI is InChI=1S/C20H25N9O3/c1-13-7-9-28(10-8-13)12-15-17(23-27-29(15)19-18(21)25-32-26-19)20(30)24-22-11-14-5-3-4-6-16(14)31-2/h3-6,11,13H,7-10,12H2,1-2H3,(H2,21,25)(H,24,30). The number of nitrogens with two attached hydrogens (primary N) is 1. The Kier molecular flexibility index (Phi) is 6.40. The predicted molar refractivity (Wildman–Crippen MR) is 115 cm³/mol. The summed E-state index contributed by atoms with van der Waals surface area (Å²) in [5, 5.41) is 19.6. The maximum absolute atomic E-state index is 12.9. The van der Waals surface area contributed by atoms with Gasteiger partial charge in [-0.2, -0.15) is 9.78 Å². The van der Waals surface area contributed by atoms with E-state index in [0.717, 1.165) is 31.5 Å². The number of carbonyl (C=O) groups excluding carboxylic acids is 1. The van der Waals surface area contributed by atoms with Gasteiger partial charge in [0.2, 0.25) is 11.6 Å². The van der Waals surface area contributed by atoms with Crippen LogP contribution in [0.15, 0.2) is 34.0 Å². The second kappa shape index (κ2) is 9.56. The van der Waals surface area contributed by atoms with E-state index in [4.69, 9.17) is 15.1 Å². The number of hydrogen-bond acceptors (Lipinski definition) is 10. The maximum Gasteiger partial charge on any atom is 0.293 e. The van der Waals surface area contributed by atoms with Crippen LogP contribution in [0.5, 0.6) is 5.75 Å². The van der Waals surface area contributed by atoms with Crippen LogP contribution in [0.4, 0.5) is 5.82 Å². The van der Waals surface area contributed by atoms with Gasteiger partial charge in [-0.1, -0.05) is 24.3 Å². The number of ether oxygens (including phenoxy) is 1. The molecule has 1 amide bonds. The fourth-order valence-electron chi connectivity index (χ4n) is 3.55. The Balaban J connectivity index is 1.57. The molecule has 0 unspecified atom stereocenters. The lowest BCUT2D eigenvalue weighted by Crippen LogP contribution is -2.34. The lowest BCUT2D eigenvalue weighted by molar-refractivity contribution is 0.0946. The normalized spacial score (nSPS) is 15.3. The van der Waals surface area contributed by atoms with E-state index in [1.54, 1.807) is 7.11 Å². The molecule has 12 nitrogen and oxygen atoms in total. The lowest BCUT2D eigenvalue weighted by Gasteiger charge is -2.30. The van der Waals surface area contributed by atoms with Gasteiger partial charge >= 0.3 is 0 Å². The van der Waals surface area contributed by atoms with E-state index in [9.17, 15) is 4.79 Å². The highest BCUT2D eigenvalue weighted by Gasteiger charge is 2.26. The molecule has 3 aromatic rings. The smallest absolute Gasteiger partial charge is 0.293 e. The maximum atomic E-state index is 12.9. The van der Waals surface area contributed by atoms with Crippen molar-refractivity contribution in [3.63, 3.8) is 0 Å². The fraction of sp³-hybridized carbons (Fsp3) is 0.400. The van der Waals surface area contributed by atoms with Crippen LogP contribution in [0.3, 0.4) is 0 Å². The first-order valence-corrected chi connectivity index (χ1v) is 10.3. The van der Waals surface area contributed by atoms with Crippen LogP contribution in [0.25, 0.3) is 5.82 Å². The molecule has 1 saturated heterocycles. The highest BCUT2D eigenvalue weighted by molar-refractivity contribution is 5.94. The van der Waals surface area contributed by atoms with Crippen molar-refractivity contribution < 1.29 is 14.2 Å². The Labute approximate surface area is 184 Å². The van der Waals surface area contributed by atoms with Gasteiger partial charge in [0.15, 0.2) is 5.69 Å². The molecule has 0 atom stereocenters. The summed E-state index contributed by atoms with van der Waals surface area (Å²) in [6, 6.07) is 7.34. The average molecular weight is 439 g/mol. The zero-order chi connectivity index (χ0) is 22.5. The molecule has 3 heterocycles. The number of para-hydroxylation sites is 1. The van der Waals surface area contributed by atoms with Crippen LogP contribution in [0.1, 0.15) is 41.5 Å². The molecular weight excluding hydrogens is 414 g/mol. The Morgan fingerprint density at radius 2 is 2.12 bits per heavy atom. The number of nitrogens with one attached hydrogen (secondary N) is 1. The molecular formula is C20H25N9O3. The summed E-state index contributed by atoms with van der Waals surface area (Å²) in [4.78, 5) is 15.1. The molecule has 0 bridgehead atoms. The first-order chi connectivity index (χ1) is 15.6. The van der Waals surface area contributed by atoms with Gasteiger partial charge < -0.3 is 10.5 Å². The zero-order valence-corrected chi connectivity index (χ0v) is 17.9. The minimum atomic E-state index is -0.502. The molecule has 1 aromatic carbocycles. The van der Waals surface area contributed by atoms with Crippen molar-refractivity contribution in [2.24, 2.45) is 11.0 Å². The van der Waals surface area contributed by atoms with Crippen molar-refractivity contribution in [3.05, 3.63) is 41.2 Å². The monoisotopic (exact) mass is 439 g/mol. The summed E-state index contributed by atoms with van der Waals surface area (Å²) < 4.78 is 11.4. The van der Waals surface area contributed by atoms with Crippen LogP contribution < -0.4 is 15.9 Å². The number of anilines is 1. The summed E-state index contributed by atoms with van der Waals surface area (Å²) in [7, 11) is 1.57. The van der Waals surface area contributed by atoms with Gasteiger partial charge in [-0.25, -0.2) is 10.1 Å². The van der Waals surface area contributed by atoms with Gasteiger partial charge in [0.1, 0.15) is 5.75 Å². The molecule has 1 fully saturated rings. The van der Waals surface area contributed by atoms with Gasteiger partial charge in [0, 0.05) is 12.1 Å². The van der Waals surface area contributed by atoms with E-state index >= 15 is 0 Å². The van der Waals surface area contributed by atoms with Crippen LogP contribution in [-0.4, -0.2) is 62.5 Å². The summed E-state index contributed by atoms with van der Waals surface area (Å²) in [5.41, 5.74) is 9.74. The number of likely N-dealkylation sites (tertiary alicyclic amines) is 1. The molecule has 1 aliphatic rings. The predicted octanol–water partition coefficient (Wildman–Crippen LogP) is 1.24. The molecule has 4 rings (SSSR count). The molecule has 0 spiro atoms. The van der Waals surface area contributed by atoms with E-state index in [1.807, 2.05) is 24.3 Å². The number of rotatable bonds is 7. The van der Waals surface area contributed by atoms with Crippen LogP contribution in [0.2, 0.25) is 0 Å². The number of piperidine rings is 1. The zero-order valence-electron chi connectivity index (χ0n) is 17.9. The first kappa shape index (κ1) is 21.4. The largest absolute Gasteiger partial charge is 0.496 e. The van der Waals surface area contributed by atoms with E-state index < -0.39 is 5.91 Å². The topological polar surface area (TPSA) is 150 Å². The fourth-order valence-corrected chi connectivity index (χ4v) is 3.55. The highest BCUT2D eigenvalue weighted by atomic mass is 16.6. The number of nitrogen functional groups attached to an aromatic ring is 1. The van der Waals surface area contributed by atoms with Crippen molar-refractivity contribution >= 4 is 17.9 Å². The molecule has 0 radical (unpaired) electrons. The average Bonchev–Trinajstić information content (AvgIpc) is 3.41. The third kappa shape index (κ3) is 4.59. The number of hydrazone groups is 1. The van der Waals surface area contributed by atoms with Gasteiger partial charge in [-0.3, -0.25) is 9.69 Å². The quantitative estimate of drug-likeness (QED) is 0.409. The van der Waals surface area contributed by atoms with Crippen LogP contribution >= 0.6 is 0 Å². The number of benzene rings is 1. The molecule has 0 saturated carbocycles. The van der Waals surface area contributed by atoms with Gasteiger partial charge in [-0.15, -0.1) is 5.10 Å². The number of nitrogens with zero attached hydrogens (tertiary/aromatic N) is 7. The number of aromatic nitrogens is 5. The Hall–Kier alpha value is -3.80. The van der Waals surface area contributed by atoms with Crippen molar-refractivity contribution in [3.8, 4) is 11.6 Å². The number of carbonyl (C=O) groups is 1. The van der Waals surface area contributed by atoms with Crippen LogP contribution in [-0.2, 0) is 6.54 Å². The summed E-state index contributed by atoms with van der Waals surface area (Å²) in [6.45, 7) is 4.51. The Morgan fingerprint density at radius 3 is 2.84 bits per heavy atom. The first-order valence-electron chi connectivity index (χ1n) is 10.3. The van der Waals surface area contributed by atoms with E-state index in [0.29, 0.717) is 23.9 Å². The molecule has 1 aliphatic heterocycles. The molecule has 0 aliphatic carbocycles. The van der Waals surface area contributed by atoms with Crippen LogP contribution in [0, 0.1) is 5.92 Å². The van der Waals surface area contributed by atoms with E-state index in [2.05, 4.69) is 43.0 Å². The summed E-state index contributed by atoms with van der Waals surface area (Å²) >= 11 is 0. The van der Waals surface area contributed by atoms with Gasteiger partial charge in [0.05, 0.1) is 19.0 Å². The van der Waals surface area contributed by atoms with Gasteiger partial charge in [0.25, 0.3) is 5.91 Å². The van der Waals surface area contributed by atoms with E-state index in [-0.39, 0.29) is 17.3 Å². The van der Waals surface area contributed by atoms with Gasteiger partial charge in [-0.05, 0) is 54.3 Å². The summed E-state index contributed by atoms with van der Waals surface area (Å²) in [5.74, 6) is 1.07. The Bertz CT molecular complexity index is 1100. The molecule has 32 heavy (non-hydrogen) atoms. The van der Waals surface area contributed by atoms with Crippen molar-refractivity contribution in [1.29, 1.82) is 0 Å². The minimum absolute atomic E-state index is 0.0598. The number of hydrogen-bond donors (Lipinski definition) is 2. The highest BCUT2D eigenvalue weighted by Crippen LogP contribution is 2.22. The molecule has 3 N–H and O–H groups in total. The molecule has 12 heteroatoms. The molecule has 168 valence electrons. The lowest BCUT2D eigenvalue weighted by atomic mass is 9.99. The second-order valence-electron chi connectivity index (χ2n) is 7.67. The van der Waals surface area contributed by atoms with Crippen molar-refractivity contribution in [2.75, 3.05) is 25.9 Å². The summed E-state index contributed by atoms with van der Waals surface area (Å²) in [6.07, 6.45) is 3.67. The minimum Gasteiger partial charge on any atom is -0.496 e. The van der Waals surface area contributed by atoms with Crippen molar-refractivity contribution in [2.45, 2.75) is 26.3 Å². The van der Waals surface area contributed by atoms with Crippen molar-refractivity contribution in [1.82, 2.24) is 35.6 Å². The SMILES string of the molecule is COc1ccccc1C=NNC(=O)c1nnn(-c2nonc2N)c1CN1CCC(C)CC1. The third-order valence-electron chi connectivity index (χ3n) is 5.43. The van der Waals surface area contributed by atoms with E-state index in [1.165, 1.54) is 10.9 Å². The Morgan fingerprint density at radius 1 is 1.34 bits per heavy atom. The number of amides is 1. The third-order valence-corrected chi connectivity index (χ3v) is 5.43.